The number of piperidine rings is 1. The molecule has 2 aromatic carbocycles. The number of nitrogens with zero attached hydrogens (tertiary/aromatic N) is 1. The molecule has 0 aliphatic carbocycles. The highest BCUT2D eigenvalue weighted by Crippen LogP contribution is 2.26. The molecule has 1 fully saturated rings. The molecule has 0 N–H and O–H groups in total. The van der Waals surface area contributed by atoms with E-state index < -0.39 is 21.9 Å². The second-order valence-corrected chi connectivity index (χ2v) is 9.85. The summed E-state index contributed by atoms with van der Waals surface area (Å²) in [6.07, 6.45) is 0.723. The molecule has 0 unspecified atom stereocenters. The molecule has 3 rings (SSSR count). The van der Waals surface area contributed by atoms with Gasteiger partial charge in [-0.25, -0.2) is 8.42 Å². The summed E-state index contributed by atoms with van der Waals surface area (Å²) in [4.78, 5) is 25.0. The third-order valence-electron chi connectivity index (χ3n) is 5.74. The van der Waals surface area contributed by atoms with E-state index in [9.17, 15) is 18.0 Å². The van der Waals surface area contributed by atoms with Crippen LogP contribution in [-0.4, -0.2) is 50.8 Å². The van der Waals surface area contributed by atoms with Crippen molar-refractivity contribution in [1.29, 1.82) is 0 Å². The lowest BCUT2D eigenvalue weighted by Gasteiger charge is -2.30. The quantitative estimate of drug-likeness (QED) is 0.443. The van der Waals surface area contributed by atoms with Crippen molar-refractivity contribution in [2.75, 3.05) is 26.3 Å². The van der Waals surface area contributed by atoms with Crippen LogP contribution in [0.25, 0.3) is 0 Å². The SMILES string of the molecule is CCOc1ccc(C(=O)COC(=O)C2CCN(S(=O)(=O)c3ccc(C)c(C)c3)CC2)cc1. The predicted octanol–water partition coefficient (Wildman–Crippen LogP) is 3.53. The van der Waals surface area contributed by atoms with Crippen LogP contribution >= 0.6 is 0 Å². The molecule has 1 aliphatic heterocycles. The van der Waals surface area contributed by atoms with Gasteiger partial charge in [-0.2, -0.15) is 4.31 Å². The molecule has 0 amide bonds. The first kappa shape index (κ1) is 23.9. The number of carbonyl (C=O) groups is 2. The Labute approximate surface area is 189 Å². The van der Waals surface area contributed by atoms with Crippen molar-refractivity contribution in [3.05, 3.63) is 59.2 Å². The molecular formula is C24H29NO6S. The van der Waals surface area contributed by atoms with Gasteiger partial charge in [0.1, 0.15) is 5.75 Å². The summed E-state index contributed by atoms with van der Waals surface area (Å²) in [5, 5.41) is 0. The lowest BCUT2D eigenvalue weighted by atomic mass is 9.98. The first-order chi connectivity index (χ1) is 15.2. The lowest BCUT2D eigenvalue weighted by Crippen LogP contribution is -2.40. The Morgan fingerprint density at radius 1 is 1.00 bits per heavy atom. The second kappa shape index (κ2) is 10.3. The zero-order valence-electron chi connectivity index (χ0n) is 18.7. The van der Waals surface area contributed by atoms with E-state index in [1.807, 2.05) is 20.8 Å². The summed E-state index contributed by atoms with van der Waals surface area (Å²) in [6.45, 7) is 6.37. The van der Waals surface area contributed by atoms with Crippen LogP contribution in [0.2, 0.25) is 0 Å². The first-order valence-electron chi connectivity index (χ1n) is 10.7. The Balaban J connectivity index is 1.51. The number of ketones is 1. The molecule has 8 heteroatoms. The van der Waals surface area contributed by atoms with Gasteiger partial charge in [0, 0.05) is 18.7 Å². The van der Waals surface area contributed by atoms with Crippen molar-refractivity contribution in [3.8, 4) is 5.75 Å². The molecule has 0 atom stereocenters. The van der Waals surface area contributed by atoms with Gasteiger partial charge in [0.2, 0.25) is 10.0 Å². The van der Waals surface area contributed by atoms with Crippen LogP contribution in [-0.2, 0) is 19.6 Å². The normalized spacial score (nSPS) is 15.3. The average molecular weight is 460 g/mol. The van der Waals surface area contributed by atoms with Gasteiger partial charge in [-0.15, -0.1) is 0 Å². The number of ether oxygens (including phenoxy) is 2. The first-order valence-corrected chi connectivity index (χ1v) is 12.2. The van der Waals surface area contributed by atoms with Crippen LogP contribution in [0.1, 0.15) is 41.3 Å². The van der Waals surface area contributed by atoms with Gasteiger partial charge in [-0.3, -0.25) is 9.59 Å². The summed E-state index contributed by atoms with van der Waals surface area (Å²) in [5.74, 6) is -0.512. The van der Waals surface area contributed by atoms with Gasteiger partial charge in [0.15, 0.2) is 12.4 Å². The Morgan fingerprint density at radius 2 is 1.66 bits per heavy atom. The van der Waals surface area contributed by atoms with E-state index in [-0.39, 0.29) is 30.4 Å². The molecule has 32 heavy (non-hydrogen) atoms. The fourth-order valence-corrected chi connectivity index (χ4v) is 5.15. The molecule has 0 radical (unpaired) electrons. The standard InChI is InChI=1S/C24H29NO6S/c1-4-30-21-8-6-19(7-9-21)23(26)16-31-24(27)20-11-13-25(14-12-20)32(28,29)22-10-5-17(2)18(3)15-22/h5-10,15,20H,4,11-14,16H2,1-3H3. The highest BCUT2D eigenvalue weighted by atomic mass is 32.2. The highest BCUT2D eigenvalue weighted by molar-refractivity contribution is 7.89. The summed E-state index contributed by atoms with van der Waals surface area (Å²) < 4.78 is 37.8. The fraction of sp³-hybridized carbons (Fsp3) is 0.417. The van der Waals surface area contributed by atoms with Crippen LogP contribution in [0.5, 0.6) is 5.75 Å². The van der Waals surface area contributed by atoms with E-state index in [1.54, 1.807) is 42.5 Å². The third-order valence-corrected chi connectivity index (χ3v) is 7.63. The molecule has 172 valence electrons. The maximum atomic E-state index is 12.9. The molecule has 0 aromatic heterocycles. The number of benzene rings is 2. The maximum absolute atomic E-state index is 12.9. The van der Waals surface area contributed by atoms with Gasteiger partial charge in [-0.1, -0.05) is 6.07 Å². The van der Waals surface area contributed by atoms with E-state index in [1.165, 1.54) is 4.31 Å². The minimum absolute atomic E-state index is 0.238. The molecule has 0 saturated carbocycles. The van der Waals surface area contributed by atoms with E-state index in [0.717, 1.165) is 11.1 Å². The van der Waals surface area contributed by atoms with E-state index in [0.29, 0.717) is 30.8 Å². The number of sulfonamides is 1. The van der Waals surface area contributed by atoms with Gasteiger partial charge in [-0.05, 0) is 81.1 Å². The smallest absolute Gasteiger partial charge is 0.309 e. The minimum Gasteiger partial charge on any atom is -0.494 e. The Hall–Kier alpha value is -2.71. The second-order valence-electron chi connectivity index (χ2n) is 7.91. The molecule has 1 saturated heterocycles. The highest BCUT2D eigenvalue weighted by Gasteiger charge is 2.33. The van der Waals surface area contributed by atoms with Crippen molar-refractivity contribution < 1.29 is 27.5 Å². The molecule has 1 aliphatic rings. The molecule has 1 heterocycles. The number of rotatable bonds is 8. The number of hydrogen-bond acceptors (Lipinski definition) is 6. The Bertz CT molecular complexity index is 1070. The molecule has 0 spiro atoms. The lowest BCUT2D eigenvalue weighted by molar-refractivity contribution is -0.148. The number of esters is 1. The predicted molar refractivity (Wildman–Crippen MR) is 120 cm³/mol. The summed E-state index contributed by atoms with van der Waals surface area (Å²) in [6, 6.07) is 11.8. The van der Waals surface area contributed by atoms with Crippen molar-refractivity contribution in [3.63, 3.8) is 0 Å². The number of hydrogen-bond donors (Lipinski definition) is 0. The van der Waals surface area contributed by atoms with Crippen LogP contribution in [0.4, 0.5) is 0 Å². The monoisotopic (exact) mass is 459 g/mol. The van der Waals surface area contributed by atoms with E-state index >= 15 is 0 Å². The van der Waals surface area contributed by atoms with Crippen molar-refractivity contribution in [1.82, 2.24) is 4.31 Å². The average Bonchev–Trinajstić information content (AvgIpc) is 2.79. The summed E-state index contributed by atoms with van der Waals surface area (Å²) in [7, 11) is -3.60. The summed E-state index contributed by atoms with van der Waals surface area (Å²) in [5.41, 5.74) is 2.39. The molecule has 0 bridgehead atoms. The summed E-state index contributed by atoms with van der Waals surface area (Å²) >= 11 is 0. The Morgan fingerprint density at radius 3 is 2.25 bits per heavy atom. The maximum Gasteiger partial charge on any atom is 0.309 e. The molecular weight excluding hydrogens is 430 g/mol. The zero-order chi connectivity index (χ0) is 23.3. The number of aryl methyl sites for hydroxylation is 2. The molecule has 2 aromatic rings. The number of carbonyl (C=O) groups excluding carboxylic acids is 2. The van der Waals surface area contributed by atoms with Crippen LogP contribution in [0.3, 0.4) is 0 Å². The number of Topliss-reactive ketones (excluding diaryl/α,β-unsaturated/α-hetero) is 1. The van der Waals surface area contributed by atoms with Gasteiger partial charge in [0.25, 0.3) is 0 Å². The van der Waals surface area contributed by atoms with E-state index in [2.05, 4.69) is 0 Å². The topological polar surface area (TPSA) is 90.0 Å². The van der Waals surface area contributed by atoms with Crippen molar-refractivity contribution in [2.24, 2.45) is 5.92 Å². The van der Waals surface area contributed by atoms with Crippen LogP contribution in [0.15, 0.2) is 47.4 Å². The van der Waals surface area contributed by atoms with E-state index in [4.69, 9.17) is 9.47 Å². The van der Waals surface area contributed by atoms with Gasteiger partial charge < -0.3 is 9.47 Å². The minimum atomic E-state index is -3.60. The van der Waals surface area contributed by atoms with Crippen LogP contribution < -0.4 is 4.74 Å². The van der Waals surface area contributed by atoms with Gasteiger partial charge >= 0.3 is 5.97 Å². The van der Waals surface area contributed by atoms with Gasteiger partial charge in [0.05, 0.1) is 17.4 Å². The van der Waals surface area contributed by atoms with Crippen molar-refractivity contribution >= 4 is 21.8 Å². The fourth-order valence-electron chi connectivity index (χ4n) is 3.60. The third kappa shape index (κ3) is 5.55. The molecule has 7 nitrogen and oxygen atoms in total. The Kier molecular flexibility index (Phi) is 7.69. The largest absolute Gasteiger partial charge is 0.494 e. The van der Waals surface area contributed by atoms with Crippen molar-refractivity contribution in [2.45, 2.75) is 38.5 Å². The zero-order valence-corrected chi connectivity index (χ0v) is 19.5. The van der Waals surface area contributed by atoms with Crippen LogP contribution in [0, 0.1) is 19.8 Å².